The predicted molar refractivity (Wildman–Crippen MR) is 74.6 cm³/mol. The maximum Gasteiger partial charge on any atom is 0.166 e. The summed E-state index contributed by atoms with van der Waals surface area (Å²) in [7, 11) is 0. The number of hydrogen-bond donors (Lipinski definition) is 2. The third kappa shape index (κ3) is 5.69. The lowest BCUT2D eigenvalue weighted by molar-refractivity contribution is 0.278. The van der Waals surface area contributed by atoms with Gasteiger partial charge in [0.2, 0.25) is 0 Å². The first-order chi connectivity index (χ1) is 7.58. The Balaban J connectivity index is 2.04. The Hall–Kier alpha value is -0.310. The van der Waals surface area contributed by atoms with Gasteiger partial charge in [-0.3, -0.25) is 0 Å². The van der Waals surface area contributed by atoms with Gasteiger partial charge in [-0.1, -0.05) is 32.6 Å². The molecule has 0 saturated heterocycles. The molecule has 1 saturated carbocycles. The molecule has 1 aliphatic carbocycles. The van der Waals surface area contributed by atoms with Crippen LogP contribution in [0.3, 0.4) is 0 Å². The van der Waals surface area contributed by atoms with Crippen molar-refractivity contribution in [1.29, 1.82) is 0 Å². The zero-order valence-electron chi connectivity index (χ0n) is 10.9. The summed E-state index contributed by atoms with van der Waals surface area (Å²) in [6.07, 6.45) is 6.92. The Morgan fingerprint density at radius 1 is 1.25 bits per heavy atom. The van der Waals surface area contributed by atoms with Crippen LogP contribution in [0.5, 0.6) is 0 Å². The number of thiocarbonyl (C=S) groups is 1. The lowest BCUT2D eigenvalue weighted by Gasteiger charge is -2.26. The highest BCUT2D eigenvalue weighted by Crippen LogP contribution is 2.29. The maximum absolute atomic E-state index is 5.19. The van der Waals surface area contributed by atoms with Gasteiger partial charge in [0, 0.05) is 12.6 Å². The first-order valence-electron chi connectivity index (χ1n) is 6.62. The predicted octanol–water partition coefficient (Wildman–Crippen LogP) is 3.08. The van der Waals surface area contributed by atoms with Crippen LogP contribution in [0.4, 0.5) is 0 Å². The molecule has 16 heavy (non-hydrogen) atoms. The summed E-state index contributed by atoms with van der Waals surface area (Å²) in [5.41, 5.74) is 0. The summed E-state index contributed by atoms with van der Waals surface area (Å²) in [6, 6.07) is 0.426. The van der Waals surface area contributed by atoms with E-state index in [9.17, 15) is 0 Å². The fourth-order valence-corrected chi connectivity index (χ4v) is 2.66. The molecule has 0 heterocycles. The van der Waals surface area contributed by atoms with Crippen LogP contribution >= 0.6 is 12.2 Å². The summed E-state index contributed by atoms with van der Waals surface area (Å²) in [6.45, 7) is 7.61. The van der Waals surface area contributed by atoms with Crippen LogP contribution in [0.15, 0.2) is 0 Å². The van der Waals surface area contributed by atoms with Crippen molar-refractivity contribution in [3.63, 3.8) is 0 Å². The highest BCUT2D eigenvalue weighted by atomic mass is 32.1. The minimum Gasteiger partial charge on any atom is -0.363 e. The van der Waals surface area contributed by atoms with Crippen LogP contribution in [-0.4, -0.2) is 17.7 Å². The second-order valence-corrected chi connectivity index (χ2v) is 5.88. The molecule has 0 aromatic rings. The van der Waals surface area contributed by atoms with Crippen molar-refractivity contribution in [3.8, 4) is 0 Å². The summed E-state index contributed by atoms with van der Waals surface area (Å²) in [5.74, 6) is 1.87. The van der Waals surface area contributed by atoms with E-state index in [0.29, 0.717) is 6.04 Å². The summed E-state index contributed by atoms with van der Waals surface area (Å²) in [4.78, 5) is 0. The Morgan fingerprint density at radius 2 is 1.88 bits per heavy atom. The Bertz CT molecular complexity index is 208. The first kappa shape index (κ1) is 13.8. The monoisotopic (exact) mass is 242 g/mol. The number of nitrogens with one attached hydrogen (secondary N) is 2. The fraction of sp³-hybridized carbons (Fsp3) is 0.923. The molecule has 0 aliphatic heterocycles. The minimum absolute atomic E-state index is 0.426. The molecule has 0 atom stereocenters. The standard InChI is InChI=1S/C13H26N2S/c1-10(2)15-13(16)14-9-8-12-6-4-11(3)5-7-12/h10-12H,4-9H2,1-3H3,(H2,14,15,16). The molecule has 0 amide bonds. The van der Waals surface area contributed by atoms with E-state index in [2.05, 4.69) is 31.4 Å². The Labute approximate surface area is 106 Å². The van der Waals surface area contributed by atoms with Crippen LogP contribution in [0.25, 0.3) is 0 Å². The topological polar surface area (TPSA) is 24.1 Å². The van der Waals surface area contributed by atoms with Gasteiger partial charge in [0.1, 0.15) is 0 Å². The molecule has 2 N–H and O–H groups in total. The summed E-state index contributed by atoms with van der Waals surface area (Å²) >= 11 is 5.19. The van der Waals surface area contributed by atoms with Crippen molar-refractivity contribution < 1.29 is 0 Å². The molecule has 0 radical (unpaired) electrons. The van der Waals surface area contributed by atoms with Crippen LogP contribution in [-0.2, 0) is 0 Å². The van der Waals surface area contributed by atoms with E-state index in [4.69, 9.17) is 12.2 Å². The summed E-state index contributed by atoms with van der Waals surface area (Å²) in [5, 5.41) is 7.31. The van der Waals surface area contributed by atoms with E-state index < -0.39 is 0 Å². The van der Waals surface area contributed by atoms with Crippen molar-refractivity contribution in [3.05, 3.63) is 0 Å². The lowest BCUT2D eigenvalue weighted by Crippen LogP contribution is -2.40. The zero-order valence-corrected chi connectivity index (χ0v) is 11.7. The fourth-order valence-electron chi connectivity index (χ4n) is 2.32. The molecule has 1 aliphatic rings. The van der Waals surface area contributed by atoms with Crippen molar-refractivity contribution in [1.82, 2.24) is 10.6 Å². The van der Waals surface area contributed by atoms with E-state index in [1.807, 2.05) is 0 Å². The molecular formula is C13H26N2S. The average Bonchev–Trinajstić information content (AvgIpc) is 2.20. The number of rotatable bonds is 4. The minimum atomic E-state index is 0.426. The van der Waals surface area contributed by atoms with E-state index in [0.717, 1.165) is 23.5 Å². The Morgan fingerprint density at radius 3 is 2.44 bits per heavy atom. The molecule has 0 bridgehead atoms. The third-order valence-electron chi connectivity index (χ3n) is 3.39. The molecule has 2 nitrogen and oxygen atoms in total. The zero-order chi connectivity index (χ0) is 12.0. The van der Waals surface area contributed by atoms with Gasteiger partial charge < -0.3 is 10.6 Å². The van der Waals surface area contributed by atoms with Crippen LogP contribution < -0.4 is 10.6 Å². The van der Waals surface area contributed by atoms with Gasteiger partial charge in [-0.2, -0.15) is 0 Å². The molecule has 0 spiro atoms. The van der Waals surface area contributed by atoms with E-state index in [1.54, 1.807) is 0 Å². The smallest absolute Gasteiger partial charge is 0.166 e. The largest absolute Gasteiger partial charge is 0.363 e. The van der Waals surface area contributed by atoms with E-state index in [1.165, 1.54) is 32.1 Å². The SMILES string of the molecule is CC1CCC(CCNC(=S)NC(C)C)CC1. The summed E-state index contributed by atoms with van der Waals surface area (Å²) < 4.78 is 0. The van der Waals surface area contributed by atoms with E-state index >= 15 is 0 Å². The molecule has 0 aromatic carbocycles. The second kappa shape index (κ2) is 7.10. The van der Waals surface area contributed by atoms with E-state index in [-0.39, 0.29) is 0 Å². The molecule has 0 aromatic heterocycles. The average molecular weight is 242 g/mol. The lowest BCUT2D eigenvalue weighted by atomic mass is 9.81. The van der Waals surface area contributed by atoms with Crippen molar-refractivity contribution >= 4 is 17.3 Å². The van der Waals surface area contributed by atoms with Crippen molar-refractivity contribution in [2.75, 3.05) is 6.54 Å². The van der Waals surface area contributed by atoms with Gasteiger partial charge in [-0.15, -0.1) is 0 Å². The second-order valence-electron chi connectivity index (χ2n) is 5.47. The van der Waals surface area contributed by atoms with Crippen LogP contribution in [0.1, 0.15) is 52.9 Å². The normalized spacial score (nSPS) is 25.5. The van der Waals surface area contributed by atoms with Gasteiger partial charge >= 0.3 is 0 Å². The first-order valence-corrected chi connectivity index (χ1v) is 7.03. The molecule has 3 heteroatoms. The molecule has 1 fully saturated rings. The van der Waals surface area contributed by atoms with Gasteiger partial charge in [0.05, 0.1) is 0 Å². The van der Waals surface area contributed by atoms with Crippen LogP contribution in [0, 0.1) is 11.8 Å². The van der Waals surface area contributed by atoms with Gasteiger partial charge in [-0.25, -0.2) is 0 Å². The maximum atomic E-state index is 5.19. The Kier molecular flexibility index (Phi) is 6.10. The van der Waals surface area contributed by atoms with Gasteiger partial charge in [-0.05, 0) is 44.3 Å². The van der Waals surface area contributed by atoms with Crippen LogP contribution in [0.2, 0.25) is 0 Å². The highest BCUT2D eigenvalue weighted by molar-refractivity contribution is 7.80. The van der Waals surface area contributed by atoms with Crippen molar-refractivity contribution in [2.45, 2.75) is 58.9 Å². The highest BCUT2D eigenvalue weighted by Gasteiger charge is 2.17. The van der Waals surface area contributed by atoms with Gasteiger partial charge in [0.15, 0.2) is 5.11 Å². The quantitative estimate of drug-likeness (QED) is 0.741. The molecular weight excluding hydrogens is 216 g/mol. The van der Waals surface area contributed by atoms with Gasteiger partial charge in [0.25, 0.3) is 0 Å². The molecule has 1 rings (SSSR count). The molecule has 0 unspecified atom stereocenters. The van der Waals surface area contributed by atoms with Crippen molar-refractivity contribution in [2.24, 2.45) is 11.8 Å². The third-order valence-corrected chi connectivity index (χ3v) is 3.66. The number of hydrogen-bond acceptors (Lipinski definition) is 1. The molecule has 94 valence electrons.